The van der Waals surface area contributed by atoms with E-state index in [1.54, 1.807) is 80.6 Å². The van der Waals surface area contributed by atoms with Crippen LogP contribution in [-0.4, -0.2) is 37.0 Å². The Morgan fingerprint density at radius 1 is 0.571 bits per heavy atom. The molecule has 0 aliphatic carbocycles. The molecule has 2 N–H and O–H groups in total. The summed E-state index contributed by atoms with van der Waals surface area (Å²) in [6, 6.07) is 19.7. The Morgan fingerprint density at radius 2 is 0.929 bits per heavy atom. The number of anilines is 2. The standard InChI is InChI=1S/C30H28N2O6S4/c1-3-37-29(35)25(41)23(39)17-8-6-12-21(15-17)31-27(33)19-10-5-11-20(14-19)28(34)32-22-13-7-9-18(16-22)24(40)26(42)30(36)38-4-2/h5-16,39-42H,3-4H2,1-2H3,(H,31,33)(H,32,34)/b25-23-,26-24-. The predicted molar refractivity (Wildman–Crippen MR) is 178 cm³/mol. The molecule has 3 aromatic carbocycles. The zero-order valence-corrected chi connectivity index (χ0v) is 26.2. The fraction of sp³-hybridized carbons (Fsp3) is 0.133. The summed E-state index contributed by atoms with van der Waals surface area (Å²) < 4.78 is 9.92. The van der Waals surface area contributed by atoms with E-state index in [1.807, 2.05) is 0 Å². The van der Waals surface area contributed by atoms with Crippen molar-refractivity contribution < 1.29 is 28.7 Å². The van der Waals surface area contributed by atoms with E-state index < -0.39 is 23.8 Å². The van der Waals surface area contributed by atoms with Gasteiger partial charge in [-0.1, -0.05) is 30.3 Å². The zero-order chi connectivity index (χ0) is 30.8. The number of thiol groups is 4. The van der Waals surface area contributed by atoms with Crippen LogP contribution >= 0.6 is 50.5 Å². The fourth-order valence-electron chi connectivity index (χ4n) is 3.56. The fourth-order valence-corrected chi connectivity index (χ4v) is 4.41. The van der Waals surface area contributed by atoms with Crippen molar-refractivity contribution in [2.75, 3.05) is 23.8 Å². The van der Waals surface area contributed by atoms with E-state index >= 15 is 0 Å². The highest BCUT2D eigenvalue weighted by molar-refractivity contribution is 7.94. The second-order valence-electron chi connectivity index (χ2n) is 8.49. The summed E-state index contributed by atoms with van der Waals surface area (Å²) in [5, 5.41) is 5.57. The summed E-state index contributed by atoms with van der Waals surface area (Å²) in [5.41, 5.74) is 2.50. The highest BCUT2D eigenvalue weighted by Crippen LogP contribution is 2.29. The molecule has 0 aromatic heterocycles. The van der Waals surface area contributed by atoms with Gasteiger partial charge in [-0.15, -0.1) is 50.5 Å². The van der Waals surface area contributed by atoms with Crippen LogP contribution in [0.1, 0.15) is 45.7 Å². The highest BCUT2D eigenvalue weighted by atomic mass is 32.1. The summed E-state index contributed by atoms with van der Waals surface area (Å²) in [6.45, 7) is 3.78. The van der Waals surface area contributed by atoms with Crippen LogP contribution in [0.4, 0.5) is 11.4 Å². The van der Waals surface area contributed by atoms with E-state index in [9.17, 15) is 19.2 Å². The summed E-state index contributed by atoms with van der Waals surface area (Å²) in [6.07, 6.45) is 0. The van der Waals surface area contributed by atoms with Gasteiger partial charge >= 0.3 is 11.9 Å². The number of nitrogens with one attached hydrogen (secondary N) is 2. The lowest BCUT2D eigenvalue weighted by Gasteiger charge is -2.11. The zero-order valence-electron chi connectivity index (χ0n) is 22.6. The van der Waals surface area contributed by atoms with E-state index in [2.05, 4.69) is 61.1 Å². The van der Waals surface area contributed by atoms with Crippen LogP contribution < -0.4 is 10.6 Å². The molecule has 0 radical (unpaired) electrons. The Hall–Kier alpha value is -3.58. The van der Waals surface area contributed by atoms with Crippen molar-refractivity contribution in [3.05, 3.63) is 105 Å². The molecule has 0 heterocycles. The second kappa shape index (κ2) is 15.6. The Labute approximate surface area is 265 Å². The van der Waals surface area contributed by atoms with Crippen molar-refractivity contribution in [1.82, 2.24) is 0 Å². The van der Waals surface area contributed by atoms with E-state index in [0.717, 1.165) is 0 Å². The van der Waals surface area contributed by atoms with Crippen molar-refractivity contribution in [2.24, 2.45) is 0 Å². The van der Waals surface area contributed by atoms with Gasteiger partial charge in [-0.2, -0.15) is 0 Å². The van der Waals surface area contributed by atoms with Crippen LogP contribution in [0.15, 0.2) is 82.6 Å². The molecule has 0 spiro atoms. The number of ether oxygens (including phenoxy) is 2. The third kappa shape index (κ3) is 8.71. The quantitative estimate of drug-likeness (QED) is 0.0873. The van der Waals surface area contributed by atoms with Crippen LogP contribution in [0.2, 0.25) is 0 Å². The molecule has 0 bridgehead atoms. The van der Waals surface area contributed by atoms with Gasteiger partial charge < -0.3 is 20.1 Å². The molecule has 2 amide bonds. The molecule has 8 nitrogen and oxygen atoms in total. The van der Waals surface area contributed by atoms with Gasteiger partial charge in [-0.05, 0) is 67.4 Å². The van der Waals surface area contributed by atoms with Gasteiger partial charge in [0, 0.05) is 32.3 Å². The largest absolute Gasteiger partial charge is 0.462 e. The van der Waals surface area contributed by atoms with Crippen LogP contribution in [0.5, 0.6) is 0 Å². The third-order valence-electron chi connectivity index (χ3n) is 5.56. The van der Waals surface area contributed by atoms with E-state index in [-0.39, 0.29) is 34.2 Å². The number of carbonyl (C=O) groups excluding carboxylic acids is 4. The van der Waals surface area contributed by atoms with Gasteiger partial charge in [0.2, 0.25) is 0 Å². The van der Waals surface area contributed by atoms with E-state index in [1.165, 1.54) is 6.07 Å². The molecule has 0 atom stereocenters. The Balaban J connectivity index is 1.75. The number of amides is 2. The maximum atomic E-state index is 13.0. The maximum Gasteiger partial charge on any atom is 0.345 e. The van der Waals surface area contributed by atoms with Crippen LogP contribution in [-0.2, 0) is 19.1 Å². The number of hydrogen-bond acceptors (Lipinski definition) is 10. The van der Waals surface area contributed by atoms with Crippen molar-refractivity contribution >= 4 is 95.5 Å². The first kappa shape index (κ1) is 32.9. The number of esters is 2. The third-order valence-corrected chi connectivity index (χ3v) is 7.69. The lowest BCUT2D eigenvalue weighted by Crippen LogP contribution is -2.15. The summed E-state index contributed by atoms with van der Waals surface area (Å²) >= 11 is 17.2. The lowest BCUT2D eigenvalue weighted by molar-refractivity contribution is -0.138. The number of carbonyl (C=O) groups is 4. The average Bonchev–Trinajstić information content (AvgIpc) is 3.00. The SMILES string of the molecule is CCOC(=O)/C(S)=C(/S)c1cccc(NC(=O)c2cccc(C(=O)Nc3cccc(/C(S)=C(/S)C(=O)OCC)c3)c2)c1. The minimum Gasteiger partial charge on any atom is -0.462 e. The molecule has 0 aliphatic heterocycles. The van der Waals surface area contributed by atoms with Crippen molar-refractivity contribution in [2.45, 2.75) is 13.8 Å². The molecule has 0 saturated carbocycles. The Bertz CT molecular complexity index is 1470. The molecule has 0 saturated heterocycles. The summed E-state index contributed by atoms with van der Waals surface area (Å²) in [4.78, 5) is 50.7. The van der Waals surface area contributed by atoms with Gasteiger partial charge in [0.1, 0.15) is 9.81 Å². The Morgan fingerprint density at radius 3 is 1.31 bits per heavy atom. The first-order valence-electron chi connectivity index (χ1n) is 12.6. The van der Waals surface area contributed by atoms with Crippen molar-refractivity contribution in [3.8, 4) is 0 Å². The number of rotatable bonds is 10. The van der Waals surface area contributed by atoms with Crippen molar-refractivity contribution in [3.63, 3.8) is 0 Å². The Kier molecular flexibility index (Phi) is 12.2. The van der Waals surface area contributed by atoms with Crippen molar-refractivity contribution in [1.29, 1.82) is 0 Å². The van der Waals surface area contributed by atoms with Gasteiger partial charge in [-0.3, -0.25) is 9.59 Å². The minimum absolute atomic E-state index is 0.0413. The van der Waals surface area contributed by atoms with Gasteiger partial charge in [0.05, 0.1) is 13.2 Å². The van der Waals surface area contributed by atoms with Crippen LogP contribution in [0.25, 0.3) is 9.81 Å². The van der Waals surface area contributed by atoms with E-state index in [0.29, 0.717) is 32.3 Å². The molecule has 3 aromatic rings. The normalized spacial score (nSPS) is 12.0. The molecular weight excluding hydrogens is 613 g/mol. The highest BCUT2D eigenvalue weighted by Gasteiger charge is 2.16. The minimum atomic E-state index is -0.604. The molecular formula is C30H28N2O6S4. The van der Waals surface area contributed by atoms with Gasteiger partial charge in [0.25, 0.3) is 11.8 Å². The number of hydrogen-bond donors (Lipinski definition) is 6. The van der Waals surface area contributed by atoms with Crippen LogP contribution in [0, 0.1) is 0 Å². The van der Waals surface area contributed by atoms with Gasteiger partial charge in [-0.25, -0.2) is 9.59 Å². The smallest absolute Gasteiger partial charge is 0.345 e. The summed E-state index contributed by atoms with van der Waals surface area (Å²) in [5.74, 6) is -2.11. The monoisotopic (exact) mass is 640 g/mol. The van der Waals surface area contributed by atoms with E-state index in [4.69, 9.17) is 9.47 Å². The lowest BCUT2D eigenvalue weighted by atomic mass is 10.1. The number of benzene rings is 3. The molecule has 0 fully saturated rings. The predicted octanol–water partition coefficient (Wildman–Crippen LogP) is 6.37. The molecule has 0 unspecified atom stereocenters. The second-order valence-corrected chi connectivity index (χ2v) is 10.3. The van der Waals surface area contributed by atoms with Gasteiger partial charge in [0.15, 0.2) is 0 Å². The first-order chi connectivity index (χ1) is 20.0. The maximum absolute atomic E-state index is 13.0. The molecule has 12 heteroatoms. The summed E-state index contributed by atoms with van der Waals surface area (Å²) in [7, 11) is 0. The van der Waals surface area contributed by atoms with Crippen LogP contribution in [0.3, 0.4) is 0 Å². The average molecular weight is 641 g/mol. The topological polar surface area (TPSA) is 111 Å². The molecule has 3 rings (SSSR count). The first-order valence-corrected chi connectivity index (χ1v) is 14.4. The molecule has 42 heavy (non-hydrogen) atoms. The molecule has 0 aliphatic rings. The molecule has 218 valence electrons.